The number of rotatable bonds is 6. The molecule has 4 rings (SSSR count). The molecule has 2 aromatic carbocycles. The van der Waals surface area contributed by atoms with Crippen LogP contribution < -0.4 is 15.6 Å². The zero-order chi connectivity index (χ0) is 23.5. The number of carbonyl (C=O) groups is 1. The quantitative estimate of drug-likeness (QED) is 0.297. The van der Waals surface area contributed by atoms with Gasteiger partial charge in [-0.15, -0.1) is 0 Å². The number of ether oxygens (including phenoxy) is 2. The van der Waals surface area contributed by atoms with E-state index in [-0.39, 0.29) is 5.56 Å². The minimum absolute atomic E-state index is 0.330. The number of anilines is 1. The summed E-state index contributed by atoms with van der Waals surface area (Å²) >= 11 is 7.62. The van der Waals surface area contributed by atoms with Crippen LogP contribution in [0.1, 0.15) is 29.5 Å². The van der Waals surface area contributed by atoms with E-state index in [2.05, 4.69) is 15.3 Å². The minimum atomic E-state index is -0.640. The number of esters is 1. The maximum Gasteiger partial charge on any atom is 0.336 e. The number of nitrogens with one attached hydrogen (secondary N) is 2. The first-order valence-corrected chi connectivity index (χ1v) is 11.5. The molecule has 3 aromatic rings. The number of carbonyl (C=O) groups excluding carboxylic acids is 1. The molecule has 9 heteroatoms. The van der Waals surface area contributed by atoms with E-state index in [4.69, 9.17) is 21.1 Å². The highest BCUT2D eigenvalue weighted by molar-refractivity contribution is 7.98. The number of thioether (sulfide) groups is 1. The van der Waals surface area contributed by atoms with Gasteiger partial charge in [0.05, 0.1) is 31.3 Å². The van der Waals surface area contributed by atoms with E-state index in [9.17, 15) is 9.59 Å². The fraction of sp³-hybridized carbons (Fsp3) is 0.208. The first kappa shape index (κ1) is 22.9. The van der Waals surface area contributed by atoms with Crippen molar-refractivity contribution in [1.82, 2.24) is 9.97 Å². The molecule has 0 radical (unpaired) electrons. The molecule has 1 aliphatic heterocycles. The zero-order valence-electron chi connectivity index (χ0n) is 18.3. The molecule has 1 unspecified atom stereocenters. The lowest BCUT2D eigenvalue weighted by molar-refractivity contribution is -0.136. The predicted molar refractivity (Wildman–Crippen MR) is 129 cm³/mol. The number of aromatic nitrogens is 2. The summed E-state index contributed by atoms with van der Waals surface area (Å²) in [5.74, 6) is 0.477. The molecular weight excluding hydrogens is 462 g/mol. The number of benzene rings is 2. The van der Waals surface area contributed by atoms with Gasteiger partial charge in [-0.25, -0.2) is 9.78 Å². The van der Waals surface area contributed by atoms with Crippen molar-refractivity contribution in [3.05, 3.63) is 91.9 Å². The fourth-order valence-electron chi connectivity index (χ4n) is 3.77. The van der Waals surface area contributed by atoms with Crippen LogP contribution in [0.25, 0.3) is 0 Å². The third-order valence-electron chi connectivity index (χ3n) is 5.40. The standard InChI is InChI=1S/C24H22ClN3O4S/c1-13-18(23(30)32-3)19(14-8-10-16(31-2)11-9-14)20-21(26-13)27-24(28-22(20)29)33-12-15-6-4-5-7-17(15)25/h4-11,19H,12H2,1-3H3,(H2,26,27,28,29). The van der Waals surface area contributed by atoms with Crippen LogP contribution in [-0.2, 0) is 15.3 Å². The Bertz CT molecular complexity index is 1290. The van der Waals surface area contributed by atoms with Gasteiger partial charge in [-0.2, -0.15) is 0 Å². The topological polar surface area (TPSA) is 93.3 Å². The Morgan fingerprint density at radius 3 is 2.55 bits per heavy atom. The summed E-state index contributed by atoms with van der Waals surface area (Å²) in [7, 11) is 2.90. The van der Waals surface area contributed by atoms with E-state index < -0.39 is 11.9 Å². The van der Waals surface area contributed by atoms with E-state index in [1.54, 1.807) is 26.2 Å². The molecule has 0 spiro atoms. The van der Waals surface area contributed by atoms with Crippen LogP contribution in [0.15, 0.2) is 69.8 Å². The Hall–Kier alpha value is -3.23. The Morgan fingerprint density at radius 2 is 1.88 bits per heavy atom. The van der Waals surface area contributed by atoms with Crippen molar-refractivity contribution in [3.8, 4) is 5.75 Å². The lowest BCUT2D eigenvalue weighted by Crippen LogP contribution is -2.31. The number of allylic oxidation sites excluding steroid dienone is 1. The summed E-state index contributed by atoms with van der Waals surface area (Å²) in [6, 6.07) is 14.8. The van der Waals surface area contributed by atoms with E-state index in [0.29, 0.717) is 44.3 Å². The number of aromatic amines is 1. The normalized spacial score (nSPS) is 15.0. The molecule has 33 heavy (non-hydrogen) atoms. The average Bonchev–Trinajstić information content (AvgIpc) is 2.82. The van der Waals surface area contributed by atoms with Crippen molar-refractivity contribution in [1.29, 1.82) is 0 Å². The molecule has 0 bridgehead atoms. The number of hydrogen-bond acceptors (Lipinski definition) is 7. The van der Waals surface area contributed by atoms with Gasteiger partial charge in [0.25, 0.3) is 5.56 Å². The maximum absolute atomic E-state index is 13.3. The lowest BCUT2D eigenvalue weighted by atomic mass is 9.82. The van der Waals surface area contributed by atoms with Crippen LogP contribution in [0, 0.1) is 0 Å². The van der Waals surface area contributed by atoms with Gasteiger partial charge >= 0.3 is 5.97 Å². The number of methoxy groups -OCH3 is 2. The first-order chi connectivity index (χ1) is 15.9. The predicted octanol–water partition coefficient (Wildman–Crippen LogP) is 4.73. The summed E-state index contributed by atoms with van der Waals surface area (Å²) in [6.45, 7) is 1.77. The molecule has 0 fully saturated rings. The molecule has 1 aromatic heterocycles. The van der Waals surface area contributed by atoms with Gasteiger partial charge < -0.3 is 19.8 Å². The van der Waals surface area contributed by atoms with Gasteiger partial charge in [-0.05, 0) is 36.2 Å². The lowest BCUT2D eigenvalue weighted by Gasteiger charge is -2.28. The summed E-state index contributed by atoms with van der Waals surface area (Å²) < 4.78 is 10.3. The molecule has 0 saturated heterocycles. The van der Waals surface area contributed by atoms with Crippen LogP contribution in [0.5, 0.6) is 5.75 Å². The van der Waals surface area contributed by atoms with Crippen LogP contribution in [0.2, 0.25) is 5.02 Å². The zero-order valence-corrected chi connectivity index (χ0v) is 19.8. The Labute approximate surface area is 200 Å². The Kier molecular flexibility index (Phi) is 6.76. The van der Waals surface area contributed by atoms with Crippen molar-refractivity contribution in [2.45, 2.75) is 23.8 Å². The van der Waals surface area contributed by atoms with Crippen LogP contribution in [-0.4, -0.2) is 30.2 Å². The number of fused-ring (bicyclic) bond motifs is 1. The number of nitrogens with zero attached hydrogens (tertiary/aromatic N) is 1. The van der Waals surface area contributed by atoms with Gasteiger partial charge in [0, 0.05) is 16.5 Å². The molecule has 0 aliphatic carbocycles. The highest BCUT2D eigenvalue weighted by Gasteiger charge is 2.36. The first-order valence-electron chi connectivity index (χ1n) is 10.1. The molecule has 2 N–H and O–H groups in total. The Morgan fingerprint density at radius 1 is 1.15 bits per heavy atom. The second kappa shape index (κ2) is 9.72. The van der Waals surface area contributed by atoms with Gasteiger partial charge in [0.15, 0.2) is 5.16 Å². The third kappa shape index (κ3) is 4.62. The van der Waals surface area contributed by atoms with Gasteiger partial charge in [-0.1, -0.05) is 53.7 Å². The third-order valence-corrected chi connectivity index (χ3v) is 6.69. The summed E-state index contributed by atoms with van der Waals surface area (Å²) in [5.41, 5.74) is 2.66. The molecule has 0 saturated carbocycles. The van der Waals surface area contributed by atoms with Gasteiger partial charge in [0.1, 0.15) is 11.6 Å². The van der Waals surface area contributed by atoms with Gasteiger partial charge in [-0.3, -0.25) is 4.79 Å². The molecular formula is C24H22ClN3O4S. The number of hydrogen-bond donors (Lipinski definition) is 2. The van der Waals surface area contributed by atoms with Crippen molar-refractivity contribution in [2.24, 2.45) is 0 Å². The number of H-pyrrole nitrogens is 1. The molecule has 0 amide bonds. The SMILES string of the molecule is COC(=O)C1=C(C)Nc2nc(SCc3ccccc3Cl)[nH]c(=O)c2C1c1ccc(OC)cc1. The second-order valence-corrected chi connectivity index (χ2v) is 8.75. The van der Waals surface area contributed by atoms with Crippen molar-refractivity contribution < 1.29 is 14.3 Å². The second-order valence-electron chi connectivity index (χ2n) is 7.37. The molecule has 1 atom stereocenters. The van der Waals surface area contributed by atoms with E-state index in [0.717, 1.165) is 11.1 Å². The molecule has 7 nitrogen and oxygen atoms in total. The largest absolute Gasteiger partial charge is 0.497 e. The maximum atomic E-state index is 13.3. The monoisotopic (exact) mass is 483 g/mol. The molecule has 170 valence electrons. The van der Waals surface area contributed by atoms with Crippen molar-refractivity contribution in [3.63, 3.8) is 0 Å². The fourth-order valence-corrected chi connectivity index (χ4v) is 4.92. The van der Waals surface area contributed by atoms with E-state index in [1.807, 2.05) is 36.4 Å². The Balaban J connectivity index is 1.76. The van der Waals surface area contributed by atoms with Crippen molar-refractivity contribution in [2.75, 3.05) is 19.5 Å². The highest BCUT2D eigenvalue weighted by Crippen LogP contribution is 2.40. The smallest absolute Gasteiger partial charge is 0.336 e. The average molecular weight is 484 g/mol. The molecule has 2 heterocycles. The van der Waals surface area contributed by atoms with Gasteiger partial charge in [0.2, 0.25) is 0 Å². The molecule has 1 aliphatic rings. The minimum Gasteiger partial charge on any atom is -0.497 e. The summed E-state index contributed by atoms with van der Waals surface area (Å²) in [6.07, 6.45) is 0. The van der Waals surface area contributed by atoms with E-state index in [1.165, 1.54) is 18.9 Å². The van der Waals surface area contributed by atoms with Crippen LogP contribution in [0.3, 0.4) is 0 Å². The van der Waals surface area contributed by atoms with Crippen molar-refractivity contribution >= 4 is 35.1 Å². The van der Waals surface area contributed by atoms with Crippen LogP contribution in [0.4, 0.5) is 5.82 Å². The number of halogens is 1. The van der Waals surface area contributed by atoms with E-state index >= 15 is 0 Å². The summed E-state index contributed by atoms with van der Waals surface area (Å²) in [4.78, 5) is 33.4. The van der Waals surface area contributed by atoms with Crippen LogP contribution >= 0.6 is 23.4 Å². The summed E-state index contributed by atoms with van der Waals surface area (Å²) in [5, 5.41) is 4.23. The highest BCUT2D eigenvalue weighted by atomic mass is 35.5.